The van der Waals surface area contributed by atoms with Gasteiger partial charge in [-0.25, -0.2) is 9.29 Å². The third-order valence-corrected chi connectivity index (χ3v) is 4.37. The van der Waals surface area contributed by atoms with Gasteiger partial charge in [-0.1, -0.05) is 35.1 Å². The number of halogens is 1. The molecule has 0 unspecified atom stereocenters. The minimum atomic E-state index is -0.845. The van der Waals surface area contributed by atoms with Crippen molar-refractivity contribution in [3.8, 4) is 0 Å². The van der Waals surface area contributed by atoms with E-state index >= 15 is 0 Å². The molecule has 1 fully saturated rings. The highest BCUT2D eigenvalue weighted by Crippen LogP contribution is 2.32. The van der Waals surface area contributed by atoms with E-state index in [0.717, 1.165) is 16.0 Å². The van der Waals surface area contributed by atoms with Gasteiger partial charge in [-0.2, -0.15) is 5.11 Å². The predicted octanol–water partition coefficient (Wildman–Crippen LogP) is 2.63. The van der Waals surface area contributed by atoms with E-state index < -0.39 is 23.8 Å². The van der Waals surface area contributed by atoms with Gasteiger partial charge in [0.15, 0.2) is 12.1 Å². The second-order valence-electron chi connectivity index (χ2n) is 6.17. The van der Waals surface area contributed by atoms with Crippen molar-refractivity contribution in [2.75, 3.05) is 4.90 Å². The lowest BCUT2D eigenvalue weighted by molar-refractivity contribution is -0.123. The highest BCUT2D eigenvalue weighted by Gasteiger charge is 2.54. The van der Waals surface area contributed by atoms with Gasteiger partial charge in [-0.15, -0.1) is 0 Å². The van der Waals surface area contributed by atoms with E-state index in [1.165, 1.54) is 24.3 Å². The van der Waals surface area contributed by atoms with Gasteiger partial charge in [-0.05, 0) is 36.8 Å². The fraction of sp³-hybridized carbons (Fsp3) is 0.222. The van der Waals surface area contributed by atoms with Crippen molar-refractivity contribution in [3.63, 3.8) is 0 Å². The molecule has 7 heteroatoms. The average molecular weight is 338 g/mol. The van der Waals surface area contributed by atoms with Crippen molar-refractivity contribution in [1.29, 1.82) is 0 Å². The van der Waals surface area contributed by atoms with E-state index in [9.17, 15) is 14.0 Å². The molecule has 2 atom stereocenters. The molecule has 25 heavy (non-hydrogen) atoms. The lowest BCUT2D eigenvalue weighted by atomic mass is 10.1. The smallest absolute Gasteiger partial charge is 0.263 e. The van der Waals surface area contributed by atoms with E-state index in [1.54, 1.807) is 5.01 Å². The maximum atomic E-state index is 13.1. The Morgan fingerprint density at radius 3 is 2.56 bits per heavy atom. The van der Waals surface area contributed by atoms with Crippen molar-refractivity contribution in [1.82, 2.24) is 5.01 Å². The van der Waals surface area contributed by atoms with Crippen LogP contribution in [0.15, 0.2) is 58.9 Å². The van der Waals surface area contributed by atoms with E-state index in [-0.39, 0.29) is 5.91 Å². The zero-order valence-electron chi connectivity index (χ0n) is 13.5. The molecule has 2 amide bonds. The van der Waals surface area contributed by atoms with Crippen LogP contribution in [-0.2, 0) is 16.1 Å². The standard InChI is InChI=1S/C18H15FN4O2/c1-11-3-2-4-12(9-11)10-22-16-15(20-21-22)17(24)23(18(16)25)14-7-5-13(19)6-8-14/h2-9,15-16H,10H2,1H3/t15-,16-/m1/s1. The molecule has 0 radical (unpaired) electrons. The molecule has 2 aromatic rings. The van der Waals surface area contributed by atoms with Gasteiger partial charge in [-0.3, -0.25) is 14.6 Å². The normalized spacial score (nSPS) is 22.0. The van der Waals surface area contributed by atoms with Gasteiger partial charge in [0, 0.05) is 0 Å². The first-order valence-corrected chi connectivity index (χ1v) is 7.91. The summed E-state index contributed by atoms with van der Waals surface area (Å²) in [5, 5.41) is 9.55. The Morgan fingerprint density at radius 1 is 1.08 bits per heavy atom. The number of carbonyl (C=O) groups is 2. The Kier molecular flexibility index (Phi) is 3.56. The first-order valence-electron chi connectivity index (χ1n) is 7.91. The Balaban J connectivity index is 1.60. The van der Waals surface area contributed by atoms with Crippen molar-refractivity contribution < 1.29 is 14.0 Å². The summed E-state index contributed by atoms with van der Waals surface area (Å²) in [5.74, 6) is -1.25. The number of imide groups is 1. The molecule has 2 aliphatic rings. The average Bonchev–Trinajstić information content (AvgIpc) is 3.10. The number of hydrogen-bond acceptors (Lipinski definition) is 5. The Bertz CT molecular complexity index is 881. The van der Waals surface area contributed by atoms with Crippen LogP contribution in [0.25, 0.3) is 0 Å². The zero-order chi connectivity index (χ0) is 17.6. The summed E-state index contributed by atoms with van der Waals surface area (Å²) in [7, 11) is 0. The Hall–Kier alpha value is -3.09. The highest BCUT2D eigenvalue weighted by atomic mass is 19.1. The number of rotatable bonds is 3. The first-order chi connectivity index (χ1) is 12.0. The molecule has 2 aliphatic heterocycles. The first kappa shape index (κ1) is 15.4. The van der Waals surface area contributed by atoms with E-state index in [1.807, 2.05) is 31.2 Å². The maximum Gasteiger partial charge on any atom is 0.263 e. The molecule has 0 bridgehead atoms. The molecular weight excluding hydrogens is 323 g/mol. The molecule has 0 N–H and O–H groups in total. The molecular formula is C18H15FN4O2. The number of anilines is 1. The van der Waals surface area contributed by atoms with Gasteiger partial charge < -0.3 is 0 Å². The van der Waals surface area contributed by atoms with Gasteiger partial charge >= 0.3 is 0 Å². The number of benzene rings is 2. The van der Waals surface area contributed by atoms with Crippen molar-refractivity contribution in [3.05, 3.63) is 65.5 Å². The predicted molar refractivity (Wildman–Crippen MR) is 88.0 cm³/mol. The molecule has 1 saturated heterocycles. The van der Waals surface area contributed by atoms with Crippen LogP contribution >= 0.6 is 0 Å². The number of carbonyl (C=O) groups excluding carboxylic acids is 2. The largest absolute Gasteiger partial charge is 0.271 e. The van der Waals surface area contributed by atoms with Crippen molar-refractivity contribution in [2.24, 2.45) is 10.3 Å². The lowest BCUT2D eigenvalue weighted by Gasteiger charge is -2.20. The summed E-state index contributed by atoms with van der Waals surface area (Å²) in [6.45, 7) is 2.38. The molecule has 0 aromatic heterocycles. The Labute approximate surface area is 143 Å². The summed E-state index contributed by atoms with van der Waals surface area (Å²) in [5.41, 5.74) is 2.43. The summed E-state index contributed by atoms with van der Waals surface area (Å²) in [6, 6.07) is 11.5. The van der Waals surface area contributed by atoms with Crippen molar-refractivity contribution in [2.45, 2.75) is 25.6 Å². The molecule has 0 aliphatic carbocycles. The van der Waals surface area contributed by atoms with E-state index in [0.29, 0.717) is 12.2 Å². The van der Waals surface area contributed by atoms with Crippen LogP contribution in [-0.4, -0.2) is 28.9 Å². The van der Waals surface area contributed by atoms with Crippen LogP contribution in [0.4, 0.5) is 10.1 Å². The minimum absolute atomic E-state index is 0.344. The van der Waals surface area contributed by atoms with E-state index in [4.69, 9.17) is 0 Å². The number of fused-ring (bicyclic) bond motifs is 1. The SMILES string of the molecule is Cc1cccc(CN2N=N[C@H]3C(=O)N(c4ccc(F)cc4)C(=O)[C@@H]32)c1. The molecule has 2 aromatic carbocycles. The van der Waals surface area contributed by atoms with Gasteiger partial charge in [0.2, 0.25) is 0 Å². The van der Waals surface area contributed by atoms with Gasteiger partial charge in [0.1, 0.15) is 5.82 Å². The molecule has 2 heterocycles. The third-order valence-electron chi connectivity index (χ3n) is 4.37. The summed E-state index contributed by atoms with van der Waals surface area (Å²) >= 11 is 0. The van der Waals surface area contributed by atoms with Gasteiger partial charge in [0.25, 0.3) is 11.8 Å². The molecule has 0 spiro atoms. The minimum Gasteiger partial charge on any atom is -0.271 e. The summed E-state index contributed by atoms with van der Waals surface area (Å²) in [4.78, 5) is 26.4. The van der Waals surface area contributed by atoms with Crippen LogP contribution in [0.2, 0.25) is 0 Å². The molecule has 126 valence electrons. The maximum absolute atomic E-state index is 13.1. The fourth-order valence-corrected chi connectivity index (χ4v) is 3.20. The van der Waals surface area contributed by atoms with E-state index in [2.05, 4.69) is 10.3 Å². The highest BCUT2D eigenvalue weighted by molar-refractivity contribution is 6.25. The second-order valence-corrected chi connectivity index (χ2v) is 6.17. The lowest BCUT2D eigenvalue weighted by Crippen LogP contribution is -2.39. The topological polar surface area (TPSA) is 65.3 Å². The van der Waals surface area contributed by atoms with Crippen LogP contribution in [0.3, 0.4) is 0 Å². The number of hydrogen-bond donors (Lipinski definition) is 0. The summed E-state index contributed by atoms with van der Waals surface area (Å²) < 4.78 is 13.1. The molecule has 0 saturated carbocycles. The summed E-state index contributed by atoms with van der Waals surface area (Å²) in [6.07, 6.45) is 0. The van der Waals surface area contributed by atoms with Gasteiger partial charge in [0.05, 0.1) is 12.2 Å². The fourth-order valence-electron chi connectivity index (χ4n) is 3.20. The third kappa shape index (κ3) is 2.57. The quantitative estimate of drug-likeness (QED) is 0.808. The van der Waals surface area contributed by atoms with Crippen molar-refractivity contribution >= 4 is 17.5 Å². The zero-order valence-corrected chi connectivity index (χ0v) is 13.5. The monoisotopic (exact) mass is 338 g/mol. The molecule has 4 rings (SSSR count). The Morgan fingerprint density at radius 2 is 1.84 bits per heavy atom. The van der Waals surface area contributed by atoms with Crippen LogP contribution in [0.1, 0.15) is 11.1 Å². The number of aryl methyl sites for hydroxylation is 1. The van der Waals surface area contributed by atoms with Crippen LogP contribution in [0.5, 0.6) is 0 Å². The number of nitrogens with zero attached hydrogens (tertiary/aromatic N) is 4. The van der Waals surface area contributed by atoms with Crippen LogP contribution < -0.4 is 4.90 Å². The second kappa shape index (κ2) is 5.77. The van der Waals surface area contributed by atoms with Crippen LogP contribution in [0, 0.1) is 12.7 Å². The molecule has 6 nitrogen and oxygen atoms in total. The number of amides is 2.